The van der Waals surface area contributed by atoms with Gasteiger partial charge >= 0.3 is 0 Å². The molecule has 100 valence electrons. The standard InChI is InChI=1S/C16H20N2O/c1-2-8-17-10-15-11-19-16(18-15)14-7-6-12-4-3-5-13(12)9-14/h6-7,9,11,17H,2-5,8,10H2,1H3. The fourth-order valence-corrected chi connectivity index (χ4v) is 2.62. The predicted octanol–water partition coefficient (Wildman–Crippen LogP) is 3.33. The highest BCUT2D eigenvalue weighted by molar-refractivity contribution is 5.56. The monoisotopic (exact) mass is 256 g/mol. The van der Waals surface area contributed by atoms with E-state index in [4.69, 9.17) is 4.42 Å². The van der Waals surface area contributed by atoms with E-state index >= 15 is 0 Å². The van der Waals surface area contributed by atoms with Crippen LogP contribution in [0.3, 0.4) is 0 Å². The van der Waals surface area contributed by atoms with Gasteiger partial charge in [-0.25, -0.2) is 4.98 Å². The van der Waals surface area contributed by atoms with Gasteiger partial charge in [0, 0.05) is 12.1 Å². The van der Waals surface area contributed by atoms with Crippen LogP contribution in [0.25, 0.3) is 11.5 Å². The highest BCUT2D eigenvalue weighted by atomic mass is 16.3. The average Bonchev–Trinajstić information content (AvgIpc) is 3.06. The number of benzene rings is 1. The first kappa shape index (κ1) is 12.4. The zero-order valence-corrected chi connectivity index (χ0v) is 11.4. The third-order valence-corrected chi connectivity index (χ3v) is 3.63. The Morgan fingerprint density at radius 2 is 2.16 bits per heavy atom. The van der Waals surface area contributed by atoms with Crippen molar-refractivity contribution in [2.24, 2.45) is 0 Å². The normalized spacial score (nSPS) is 13.7. The molecule has 1 aliphatic carbocycles. The highest BCUT2D eigenvalue weighted by Crippen LogP contribution is 2.27. The molecule has 1 heterocycles. The molecular weight excluding hydrogens is 236 g/mol. The van der Waals surface area contributed by atoms with Crippen LogP contribution in [0.15, 0.2) is 28.9 Å². The average molecular weight is 256 g/mol. The van der Waals surface area contributed by atoms with Gasteiger partial charge in [-0.2, -0.15) is 0 Å². The molecule has 19 heavy (non-hydrogen) atoms. The van der Waals surface area contributed by atoms with E-state index in [-0.39, 0.29) is 0 Å². The fourth-order valence-electron chi connectivity index (χ4n) is 2.62. The molecule has 0 saturated carbocycles. The third-order valence-electron chi connectivity index (χ3n) is 3.63. The van der Waals surface area contributed by atoms with E-state index in [9.17, 15) is 0 Å². The summed E-state index contributed by atoms with van der Waals surface area (Å²) < 4.78 is 5.59. The van der Waals surface area contributed by atoms with E-state index in [1.165, 1.54) is 30.4 Å². The van der Waals surface area contributed by atoms with Crippen LogP contribution in [-0.2, 0) is 19.4 Å². The van der Waals surface area contributed by atoms with Crippen LogP contribution in [-0.4, -0.2) is 11.5 Å². The maximum Gasteiger partial charge on any atom is 0.226 e. The maximum atomic E-state index is 5.59. The van der Waals surface area contributed by atoms with Gasteiger partial charge in [-0.05, 0) is 55.5 Å². The molecule has 3 rings (SSSR count). The molecular formula is C16H20N2O. The van der Waals surface area contributed by atoms with Crippen LogP contribution >= 0.6 is 0 Å². The lowest BCUT2D eigenvalue weighted by Gasteiger charge is -2.01. The Labute approximate surface area is 114 Å². The zero-order chi connectivity index (χ0) is 13.1. The van der Waals surface area contributed by atoms with Crippen molar-refractivity contribution in [3.63, 3.8) is 0 Å². The molecule has 0 spiro atoms. The molecule has 0 unspecified atom stereocenters. The minimum Gasteiger partial charge on any atom is -0.444 e. The molecule has 1 aliphatic rings. The van der Waals surface area contributed by atoms with Gasteiger partial charge in [-0.15, -0.1) is 0 Å². The number of aromatic nitrogens is 1. The summed E-state index contributed by atoms with van der Waals surface area (Å²) in [7, 11) is 0. The van der Waals surface area contributed by atoms with Crippen molar-refractivity contribution in [1.82, 2.24) is 10.3 Å². The number of fused-ring (bicyclic) bond motifs is 1. The third kappa shape index (κ3) is 2.71. The fraction of sp³-hybridized carbons (Fsp3) is 0.438. The highest BCUT2D eigenvalue weighted by Gasteiger charge is 2.13. The Morgan fingerprint density at radius 3 is 3.05 bits per heavy atom. The van der Waals surface area contributed by atoms with Gasteiger partial charge in [-0.1, -0.05) is 13.0 Å². The number of rotatable bonds is 5. The number of nitrogens with zero attached hydrogens (tertiary/aromatic N) is 1. The summed E-state index contributed by atoms with van der Waals surface area (Å²) in [5, 5.41) is 3.34. The molecule has 0 saturated heterocycles. The first-order valence-corrected chi connectivity index (χ1v) is 7.14. The van der Waals surface area contributed by atoms with E-state index in [0.717, 1.165) is 36.7 Å². The zero-order valence-electron chi connectivity index (χ0n) is 11.4. The summed E-state index contributed by atoms with van der Waals surface area (Å²) in [6.45, 7) is 3.95. The molecule has 1 aromatic carbocycles. The van der Waals surface area contributed by atoms with Gasteiger partial charge in [0.25, 0.3) is 0 Å². The SMILES string of the molecule is CCCNCc1coc(-c2ccc3c(c2)CCC3)n1. The van der Waals surface area contributed by atoms with E-state index in [1.54, 1.807) is 6.26 Å². The van der Waals surface area contributed by atoms with E-state index in [0.29, 0.717) is 0 Å². The second-order valence-corrected chi connectivity index (χ2v) is 5.16. The molecule has 0 aliphatic heterocycles. The summed E-state index contributed by atoms with van der Waals surface area (Å²) in [6, 6.07) is 6.58. The van der Waals surface area contributed by atoms with Crippen molar-refractivity contribution in [3.8, 4) is 11.5 Å². The van der Waals surface area contributed by atoms with Crippen LogP contribution in [0, 0.1) is 0 Å². The molecule has 0 atom stereocenters. The molecule has 1 N–H and O–H groups in total. The van der Waals surface area contributed by atoms with Crippen molar-refractivity contribution >= 4 is 0 Å². The molecule has 3 heteroatoms. The van der Waals surface area contributed by atoms with Crippen LogP contribution in [0.5, 0.6) is 0 Å². The predicted molar refractivity (Wildman–Crippen MR) is 76.0 cm³/mol. The Hall–Kier alpha value is -1.61. The smallest absolute Gasteiger partial charge is 0.226 e. The van der Waals surface area contributed by atoms with Crippen LogP contribution < -0.4 is 5.32 Å². The van der Waals surface area contributed by atoms with Crippen molar-refractivity contribution in [2.45, 2.75) is 39.2 Å². The Morgan fingerprint density at radius 1 is 1.26 bits per heavy atom. The number of oxazole rings is 1. The topological polar surface area (TPSA) is 38.1 Å². The minimum absolute atomic E-state index is 0.739. The van der Waals surface area contributed by atoms with E-state index in [2.05, 4.69) is 35.4 Å². The lowest BCUT2D eigenvalue weighted by atomic mass is 10.1. The van der Waals surface area contributed by atoms with Gasteiger partial charge < -0.3 is 9.73 Å². The maximum absolute atomic E-state index is 5.59. The minimum atomic E-state index is 0.739. The molecule has 3 nitrogen and oxygen atoms in total. The lowest BCUT2D eigenvalue weighted by molar-refractivity contribution is 0.570. The van der Waals surface area contributed by atoms with Crippen molar-refractivity contribution < 1.29 is 4.42 Å². The summed E-state index contributed by atoms with van der Waals surface area (Å²) in [5.74, 6) is 0.739. The second-order valence-electron chi connectivity index (χ2n) is 5.16. The van der Waals surface area contributed by atoms with Crippen molar-refractivity contribution in [2.75, 3.05) is 6.54 Å². The van der Waals surface area contributed by atoms with Gasteiger partial charge in [0.05, 0.1) is 5.69 Å². The van der Waals surface area contributed by atoms with Crippen molar-refractivity contribution in [1.29, 1.82) is 0 Å². The number of hydrogen-bond donors (Lipinski definition) is 1. The number of aryl methyl sites for hydroxylation is 2. The van der Waals surface area contributed by atoms with Crippen LogP contribution in [0.1, 0.15) is 36.6 Å². The van der Waals surface area contributed by atoms with Gasteiger partial charge in [0.2, 0.25) is 5.89 Å². The summed E-state index contributed by atoms with van der Waals surface area (Å²) >= 11 is 0. The Kier molecular flexibility index (Phi) is 3.65. The summed E-state index contributed by atoms with van der Waals surface area (Å²) in [4.78, 5) is 4.55. The van der Waals surface area contributed by atoms with Gasteiger partial charge in [0.1, 0.15) is 6.26 Å². The number of nitrogens with one attached hydrogen (secondary N) is 1. The molecule has 0 amide bonds. The molecule has 1 aromatic heterocycles. The van der Waals surface area contributed by atoms with E-state index < -0.39 is 0 Å². The van der Waals surface area contributed by atoms with Gasteiger partial charge in [0.15, 0.2) is 0 Å². The first-order valence-electron chi connectivity index (χ1n) is 7.14. The van der Waals surface area contributed by atoms with Crippen molar-refractivity contribution in [3.05, 3.63) is 41.3 Å². The quantitative estimate of drug-likeness (QED) is 0.834. The van der Waals surface area contributed by atoms with E-state index in [1.807, 2.05) is 0 Å². The van der Waals surface area contributed by atoms with Crippen LogP contribution in [0.2, 0.25) is 0 Å². The summed E-state index contributed by atoms with van der Waals surface area (Å²) in [6.07, 6.45) is 6.57. The summed E-state index contributed by atoms with van der Waals surface area (Å²) in [5.41, 5.74) is 5.02. The largest absolute Gasteiger partial charge is 0.444 e. The lowest BCUT2D eigenvalue weighted by Crippen LogP contribution is -2.13. The molecule has 2 aromatic rings. The van der Waals surface area contributed by atoms with Gasteiger partial charge in [-0.3, -0.25) is 0 Å². The first-order chi connectivity index (χ1) is 9.36. The second kappa shape index (κ2) is 5.57. The molecule has 0 fully saturated rings. The molecule has 0 radical (unpaired) electrons. The van der Waals surface area contributed by atoms with Crippen LogP contribution in [0.4, 0.5) is 0 Å². The molecule has 0 bridgehead atoms. The number of hydrogen-bond acceptors (Lipinski definition) is 3. The Bertz CT molecular complexity index is 560. The Balaban J connectivity index is 1.75.